The van der Waals surface area contributed by atoms with Gasteiger partial charge in [-0.2, -0.15) is 4.98 Å². The zero-order chi connectivity index (χ0) is 13.0. The number of aromatic nitrogens is 3. The summed E-state index contributed by atoms with van der Waals surface area (Å²) in [6.07, 6.45) is 5.31. The van der Waals surface area contributed by atoms with Gasteiger partial charge in [-0.05, 0) is 38.9 Å². The third kappa shape index (κ3) is 2.92. The number of rotatable bonds is 5. The van der Waals surface area contributed by atoms with E-state index in [1.807, 2.05) is 20.0 Å². The van der Waals surface area contributed by atoms with Gasteiger partial charge in [-0.15, -0.1) is 0 Å². The molecule has 18 heavy (non-hydrogen) atoms. The molecule has 0 bridgehead atoms. The fraction of sp³-hybridized carbons (Fsp3) is 0.462. The van der Waals surface area contributed by atoms with Crippen LogP contribution < -0.4 is 5.32 Å². The highest BCUT2D eigenvalue weighted by Gasteiger charge is 2.11. The van der Waals surface area contributed by atoms with E-state index in [0.717, 1.165) is 24.0 Å². The van der Waals surface area contributed by atoms with Crippen molar-refractivity contribution in [3.63, 3.8) is 0 Å². The zero-order valence-electron chi connectivity index (χ0n) is 11.0. The average Bonchev–Trinajstić information content (AvgIpc) is 2.85. The van der Waals surface area contributed by atoms with E-state index < -0.39 is 0 Å². The molecular formula is C13H18N4O. The van der Waals surface area contributed by atoms with E-state index in [1.165, 1.54) is 0 Å². The van der Waals surface area contributed by atoms with Crippen molar-refractivity contribution in [2.75, 3.05) is 7.05 Å². The second-order valence-corrected chi connectivity index (χ2v) is 4.43. The first-order valence-electron chi connectivity index (χ1n) is 6.11. The molecule has 5 heteroatoms. The van der Waals surface area contributed by atoms with Crippen molar-refractivity contribution in [3.05, 3.63) is 29.9 Å². The van der Waals surface area contributed by atoms with Crippen LogP contribution in [-0.4, -0.2) is 28.2 Å². The quantitative estimate of drug-likeness (QED) is 0.874. The average molecular weight is 246 g/mol. The normalized spacial score (nSPS) is 12.6. The number of nitrogens with one attached hydrogen (secondary N) is 1. The van der Waals surface area contributed by atoms with Crippen molar-refractivity contribution in [1.82, 2.24) is 20.4 Å². The Bertz CT molecular complexity index is 509. The van der Waals surface area contributed by atoms with Crippen LogP contribution in [0.1, 0.15) is 24.8 Å². The first-order valence-corrected chi connectivity index (χ1v) is 6.11. The monoisotopic (exact) mass is 246 g/mol. The van der Waals surface area contributed by atoms with E-state index in [4.69, 9.17) is 4.52 Å². The van der Waals surface area contributed by atoms with Crippen LogP contribution in [0.2, 0.25) is 0 Å². The highest BCUT2D eigenvalue weighted by molar-refractivity contribution is 5.57. The molecule has 0 aliphatic carbocycles. The molecule has 2 rings (SSSR count). The van der Waals surface area contributed by atoms with Crippen LogP contribution in [-0.2, 0) is 6.42 Å². The van der Waals surface area contributed by atoms with Gasteiger partial charge in [0.05, 0.1) is 0 Å². The van der Waals surface area contributed by atoms with Gasteiger partial charge in [0, 0.05) is 30.4 Å². The fourth-order valence-electron chi connectivity index (χ4n) is 1.67. The number of hydrogen-bond acceptors (Lipinski definition) is 5. The first kappa shape index (κ1) is 12.7. The molecular weight excluding hydrogens is 228 g/mol. The molecule has 1 atom stereocenters. The molecule has 1 N–H and O–H groups in total. The standard InChI is InChI=1S/C13H18N4O/c1-9-8-15-7-6-11(9)13-16-12(18-17-13)5-4-10(2)14-3/h6-8,10,14H,4-5H2,1-3H3. The maximum Gasteiger partial charge on any atom is 0.227 e. The van der Waals surface area contributed by atoms with Crippen LogP contribution in [0.4, 0.5) is 0 Å². The lowest BCUT2D eigenvalue weighted by Crippen LogP contribution is -2.21. The van der Waals surface area contributed by atoms with Crippen molar-refractivity contribution < 1.29 is 4.52 Å². The Kier molecular flexibility index (Phi) is 4.04. The summed E-state index contributed by atoms with van der Waals surface area (Å²) < 4.78 is 5.26. The Hall–Kier alpha value is -1.75. The van der Waals surface area contributed by atoms with Crippen LogP contribution in [0.5, 0.6) is 0 Å². The van der Waals surface area contributed by atoms with Crippen LogP contribution >= 0.6 is 0 Å². The summed E-state index contributed by atoms with van der Waals surface area (Å²) in [4.78, 5) is 8.47. The number of nitrogens with zero attached hydrogens (tertiary/aromatic N) is 3. The molecule has 0 spiro atoms. The van der Waals surface area contributed by atoms with Gasteiger partial charge < -0.3 is 9.84 Å². The molecule has 0 saturated carbocycles. The van der Waals surface area contributed by atoms with Crippen molar-refractivity contribution in [2.24, 2.45) is 0 Å². The van der Waals surface area contributed by atoms with Gasteiger partial charge in [0.15, 0.2) is 0 Å². The second-order valence-electron chi connectivity index (χ2n) is 4.43. The van der Waals surface area contributed by atoms with Gasteiger partial charge >= 0.3 is 0 Å². The zero-order valence-corrected chi connectivity index (χ0v) is 11.0. The van der Waals surface area contributed by atoms with E-state index in [-0.39, 0.29) is 0 Å². The molecule has 0 aromatic carbocycles. The predicted octanol–water partition coefficient (Wildman–Crippen LogP) is 1.98. The van der Waals surface area contributed by atoms with E-state index in [0.29, 0.717) is 17.8 Å². The second kappa shape index (κ2) is 5.73. The minimum atomic E-state index is 0.447. The SMILES string of the molecule is CNC(C)CCc1nc(-c2ccncc2C)no1. The van der Waals surface area contributed by atoms with E-state index in [1.54, 1.807) is 12.4 Å². The Balaban J connectivity index is 2.09. The van der Waals surface area contributed by atoms with Crippen LogP contribution in [0, 0.1) is 6.92 Å². The number of pyridine rings is 1. The maximum atomic E-state index is 5.26. The van der Waals surface area contributed by atoms with E-state index >= 15 is 0 Å². The van der Waals surface area contributed by atoms with Gasteiger partial charge in [-0.25, -0.2) is 0 Å². The highest BCUT2D eigenvalue weighted by Crippen LogP contribution is 2.19. The molecule has 96 valence electrons. The molecule has 0 amide bonds. The summed E-state index contributed by atoms with van der Waals surface area (Å²) >= 11 is 0. The third-order valence-electron chi connectivity index (χ3n) is 3.01. The first-order chi connectivity index (χ1) is 8.70. The topological polar surface area (TPSA) is 63.8 Å². The summed E-state index contributed by atoms with van der Waals surface area (Å²) in [5, 5.41) is 7.20. The highest BCUT2D eigenvalue weighted by atomic mass is 16.5. The smallest absolute Gasteiger partial charge is 0.227 e. The molecule has 0 radical (unpaired) electrons. The van der Waals surface area contributed by atoms with Crippen molar-refractivity contribution in [1.29, 1.82) is 0 Å². The van der Waals surface area contributed by atoms with Crippen molar-refractivity contribution in [3.8, 4) is 11.4 Å². The fourth-order valence-corrected chi connectivity index (χ4v) is 1.67. The largest absolute Gasteiger partial charge is 0.339 e. The molecule has 2 heterocycles. The molecule has 2 aromatic rings. The van der Waals surface area contributed by atoms with Gasteiger partial charge in [-0.1, -0.05) is 5.16 Å². The van der Waals surface area contributed by atoms with Crippen LogP contribution in [0.15, 0.2) is 23.0 Å². The van der Waals surface area contributed by atoms with Crippen molar-refractivity contribution >= 4 is 0 Å². The Morgan fingerprint density at radius 1 is 1.44 bits per heavy atom. The van der Waals surface area contributed by atoms with Crippen molar-refractivity contribution in [2.45, 2.75) is 32.7 Å². The number of aryl methyl sites for hydroxylation is 2. The summed E-state index contributed by atoms with van der Waals surface area (Å²) in [5.41, 5.74) is 2.02. The summed E-state index contributed by atoms with van der Waals surface area (Å²) in [6, 6.07) is 2.35. The third-order valence-corrected chi connectivity index (χ3v) is 3.01. The summed E-state index contributed by atoms with van der Waals surface area (Å²) in [7, 11) is 1.95. The summed E-state index contributed by atoms with van der Waals surface area (Å²) in [6.45, 7) is 4.12. The van der Waals surface area contributed by atoms with Crippen LogP contribution in [0.3, 0.4) is 0 Å². The predicted molar refractivity (Wildman–Crippen MR) is 69.1 cm³/mol. The minimum Gasteiger partial charge on any atom is -0.339 e. The van der Waals surface area contributed by atoms with E-state index in [9.17, 15) is 0 Å². The summed E-state index contributed by atoms with van der Waals surface area (Å²) in [5.74, 6) is 1.32. The van der Waals surface area contributed by atoms with Gasteiger partial charge in [0.1, 0.15) is 0 Å². The Labute approximate surface area is 107 Å². The molecule has 0 aliphatic heterocycles. The van der Waals surface area contributed by atoms with E-state index in [2.05, 4.69) is 27.4 Å². The minimum absolute atomic E-state index is 0.447. The molecule has 0 aliphatic rings. The molecule has 5 nitrogen and oxygen atoms in total. The lowest BCUT2D eigenvalue weighted by molar-refractivity contribution is 0.369. The van der Waals surface area contributed by atoms with Gasteiger partial charge in [0.2, 0.25) is 11.7 Å². The van der Waals surface area contributed by atoms with Gasteiger partial charge in [-0.3, -0.25) is 4.98 Å². The van der Waals surface area contributed by atoms with Crippen LogP contribution in [0.25, 0.3) is 11.4 Å². The molecule has 1 unspecified atom stereocenters. The molecule has 2 aromatic heterocycles. The molecule has 0 fully saturated rings. The number of hydrogen-bond donors (Lipinski definition) is 1. The maximum absolute atomic E-state index is 5.26. The van der Waals surface area contributed by atoms with Gasteiger partial charge in [0.25, 0.3) is 0 Å². The lowest BCUT2D eigenvalue weighted by atomic mass is 10.1. The lowest BCUT2D eigenvalue weighted by Gasteiger charge is -2.06. The Morgan fingerprint density at radius 2 is 2.28 bits per heavy atom. The Morgan fingerprint density at radius 3 is 3.00 bits per heavy atom. The molecule has 0 saturated heterocycles.